The minimum Gasteiger partial charge on any atom is -0.493 e. The van der Waals surface area contributed by atoms with Gasteiger partial charge in [-0.25, -0.2) is 9.82 Å². The Labute approximate surface area is 243 Å². The first kappa shape index (κ1) is 28.9. The van der Waals surface area contributed by atoms with Crippen LogP contribution in [0.2, 0.25) is 0 Å². The number of nitrogens with one attached hydrogen (secondary N) is 1. The first-order chi connectivity index (χ1) is 20.6. The molecule has 1 saturated heterocycles. The predicted molar refractivity (Wildman–Crippen MR) is 156 cm³/mol. The van der Waals surface area contributed by atoms with Gasteiger partial charge in [-0.2, -0.15) is 5.10 Å². The van der Waals surface area contributed by atoms with Crippen molar-refractivity contribution in [1.29, 1.82) is 0 Å². The van der Waals surface area contributed by atoms with Crippen molar-refractivity contribution in [3.63, 3.8) is 0 Å². The maximum absolute atomic E-state index is 15.0. The molecule has 1 aliphatic rings. The van der Waals surface area contributed by atoms with E-state index in [2.05, 4.69) is 25.4 Å². The Hall–Kier alpha value is -4.61. The number of hydrazone groups is 1. The van der Waals surface area contributed by atoms with E-state index in [0.717, 1.165) is 44.8 Å². The summed E-state index contributed by atoms with van der Waals surface area (Å²) in [6, 6.07) is 13.1. The zero-order valence-corrected chi connectivity index (χ0v) is 23.3. The van der Waals surface area contributed by atoms with Gasteiger partial charge in [0.1, 0.15) is 5.75 Å². The number of hydrogen-bond acceptors (Lipinski definition) is 9. The van der Waals surface area contributed by atoms with Gasteiger partial charge in [-0.15, -0.1) is 0 Å². The molecule has 0 saturated carbocycles. The molecule has 42 heavy (non-hydrogen) atoms. The molecule has 2 aromatic carbocycles. The molecule has 0 aliphatic carbocycles. The van der Waals surface area contributed by atoms with Crippen molar-refractivity contribution in [3.05, 3.63) is 84.1 Å². The molecule has 11 heteroatoms. The minimum atomic E-state index is -0.599. The van der Waals surface area contributed by atoms with Crippen LogP contribution >= 0.6 is 0 Å². The van der Waals surface area contributed by atoms with Crippen LogP contribution in [0.4, 0.5) is 4.39 Å². The Kier molecular flexibility index (Phi) is 9.86. The summed E-state index contributed by atoms with van der Waals surface area (Å²) in [7, 11) is 1.57. The summed E-state index contributed by atoms with van der Waals surface area (Å²) in [6.45, 7) is 4.88. The molecule has 0 spiro atoms. The molecule has 10 nitrogen and oxygen atoms in total. The number of fused-ring (bicyclic) bond motifs is 1. The SMILES string of the molecule is COc1cc2c(Oc3ccc(CC(=O)N/N=C/c4ccncc4)cc3F)ccnc2cc1OCCCN1CCOCC1. The van der Waals surface area contributed by atoms with Crippen LogP contribution in [0.25, 0.3) is 10.9 Å². The molecule has 2 aromatic heterocycles. The van der Waals surface area contributed by atoms with E-state index in [1.807, 2.05) is 0 Å². The van der Waals surface area contributed by atoms with Crippen molar-refractivity contribution < 1.29 is 28.1 Å². The Balaban J connectivity index is 1.21. The molecule has 0 bridgehead atoms. The number of pyridine rings is 2. The maximum atomic E-state index is 15.0. The highest BCUT2D eigenvalue weighted by Crippen LogP contribution is 2.37. The molecule has 3 heterocycles. The van der Waals surface area contributed by atoms with Crippen molar-refractivity contribution in [2.75, 3.05) is 46.6 Å². The van der Waals surface area contributed by atoms with Crippen LogP contribution in [0.3, 0.4) is 0 Å². The lowest BCUT2D eigenvalue weighted by Crippen LogP contribution is -2.37. The van der Waals surface area contributed by atoms with E-state index in [1.165, 1.54) is 18.3 Å². The van der Waals surface area contributed by atoms with Gasteiger partial charge >= 0.3 is 0 Å². The highest BCUT2D eigenvalue weighted by molar-refractivity contribution is 5.88. The average Bonchev–Trinajstić information content (AvgIpc) is 3.01. The Morgan fingerprint density at radius 1 is 1.05 bits per heavy atom. The minimum absolute atomic E-state index is 0.0183. The molecule has 1 aliphatic heterocycles. The van der Waals surface area contributed by atoms with Crippen molar-refractivity contribution in [2.45, 2.75) is 12.8 Å². The third-order valence-electron chi connectivity index (χ3n) is 6.66. The number of nitrogens with zero attached hydrogens (tertiary/aromatic N) is 4. The van der Waals surface area contributed by atoms with E-state index in [4.69, 9.17) is 18.9 Å². The van der Waals surface area contributed by atoms with Gasteiger partial charge in [0.25, 0.3) is 0 Å². The highest BCUT2D eigenvalue weighted by Gasteiger charge is 2.15. The smallest absolute Gasteiger partial charge is 0.244 e. The van der Waals surface area contributed by atoms with Gasteiger partial charge in [0.2, 0.25) is 5.91 Å². The predicted octanol–water partition coefficient (Wildman–Crippen LogP) is 4.36. The molecule has 0 unspecified atom stereocenters. The standard InChI is InChI=1S/C31H32FN5O5/c1-39-29-19-24-26(20-30(29)41-14-2-11-37-12-15-40-16-13-37)34-10-7-27(24)42-28-4-3-23(17-25(28)32)18-31(38)36-35-21-22-5-8-33-9-6-22/h3-10,17,19-21H,2,11-16,18H2,1H3,(H,36,38)/b35-21+. The van der Waals surface area contributed by atoms with Crippen LogP contribution in [0, 0.1) is 5.82 Å². The molecule has 4 aromatic rings. The summed E-state index contributed by atoms with van der Waals surface area (Å²) < 4.78 is 38.0. The molecule has 1 amide bonds. The number of halogens is 1. The summed E-state index contributed by atoms with van der Waals surface area (Å²) >= 11 is 0. The van der Waals surface area contributed by atoms with E-state index in [-0.39, 0.29) is 18.1 Å². The lowest BCUT2D eigenvalue weighted by atomic mass is 10.1. The number of aromatic nitrogens is 2. The lowest BCUT2D eigenvalue weighted by molar-refractivity contribution is -0.120. The fraction of sp³-hybridized carbons (Fsp3) is 0.290. The number of carbonyl (C=O) groups excluding carboxylic acids is 1. The van der Waals surface area contributed by atoms with E-state index >= 15 is 4.39 Å². The summed E-state index contributed by atoms with van der Waals surface area (Å²) in [5.41, 5.74) is 4.34. The number of amides is 1. The number of ether oxygens (including phenoxy) is 4. The van der Waals surface area contributed by atoms with Gasteiger partial charge in [-0.3, -0.25) is 19.7 Å². The molecule has 1 N–H and O–H groups in total. The molecular weight excluding hydrogens is 541 g/mol. The van der Waals surface area contributed by atoms with E-state index in [0.29, 0.717) is 40.3 Å². The molecule has 0 radical (unpaired) electrons. The monoisotopic (exact) mass is 573 g/mol. The Morgan fingerprint density at radius 2 is 1.88 bits per heavy atom. The average molecular weight is 574 g/mol. The normalized spacial score (nSPS) is 13.8. The zero-order valence-electron chi connectivity index (χ0n) is 23.3. The number of methoxy groups -OCH3 is 1. The topological polar surface area (TPSA) is 107 Å². The fourth-order valence-corrected chi connectivity index (χ4v) is 4.49. The van der Waals surface area contributed by atoms with Crippen molar-refractivity contribution in [3.8, 4) is 23.0 Å². The molecular formula is C31H32FN5O5. The Morgan fingerprint density at radius 3 is 2.67 bits per heavy atom. The third kappa shape index (κ3) is 7.77. The van der Waals surface area contributed by atoms with Crippen molar-refractivity contribution in [1.82, 2.24) is 20.3 Å². The van der Waals surface area contributed by atoms with Gasteiger partial charge in [0.15, 0.2) is 23.1 Å². The van der Waals surface area contributed by atoms with Crippen LogP contribution < -0.4 is 19.6 Å². The number of benzene rings is 2. The maximum Gasteiger partial charge on any atom is 0.244 e. The Bertz CT molecular complexity index is 1530. The van der Waals surface area contributed by atoms with Gasteiger partial charge in [-0.05, 0) is 53.9 Å². The molecule has 5 rings (SSSR count). The van der Waals surface area contributed by atoms with E-state index < -0.39 is 5.82 Å². The fourth-order valence-electron chi connectivity index (χ4n) is 4.49. The summed E-state index contributed by atoms with van der Waals surface area (Å²) in [5, 5.41) is 4.56. The lowest BCUT2D eigenvalue weighted by Gasteiger charge is -2.26. The number of carbonyl (C=O) groups is 1. The van der Waals surface area contributed by atoms with Crippen LogP contribution in [-0.4, -0.2) is 73.6 Å². The zero-order chi connectivity index (χ0) is 29.1. The first-order valence-electron chi connectivity index (χ1n) is 13.7. The van der Waals surface area contributed by atoms with Crippen molar-refractivity contribution in [2.24, 2.45) is 5.10 Å². The summed E-state index contributed by atoms with van der Waals surface area (Å²) in [6.07, 6.45) is 7.18. The van der Waals surface area contributed by atoms with Crippen LogP contribution in [0.1, 0.15) is 17.5 Å². The molecule has 0 atom stereocenters. The van der Waals surface area contributed by atoms with Crippen molar-refractivity contribution >= 4 is 23.0 Å². The third-order valence-corrected chi connectivity index (χ3v) is 6.66. The van der Waals surface area contributed by atoms with Gasteiger partial charge in [0, 0.05) is 49.7 Å². The van der Waals surface area contributed by atoms with Gasteiger partial charge < -0.3 is 18.9 Å². The van der Waals surface area contributed by atoms with Gasteiger partial charge in [0.05, 0.1) is 45.1 Å². The second-order valence-corrected chi connectivity index (χ2v) is 9.60. The summed E-state index contributed by atoms with van der Waals surface area (Å²) in [4.78, 5) is 23.0. The molecule has 1 fully saturated rings. The number of morpholine rings is 1. The highest BCUT2D eigenvalue weighted by atomic mass is 19.1. The largest absolute Gasteiger partial charge is 0.493 e. The van der Waals surface area contributed by atoms with E-state index in [9.17, 15) is 4.79 Å². The second kappa shape index (κ2) is 14.3. The van der Waals surface area contributed by atoms with E-state index in [1.54, 1.807) is 62.1 Å². The van der Waals surface area contributed by atoms with Gasteiger partial charge in [-0.1, -0.05) is 6.07 Å². The number of rotatable bonds is 12. The molecule has 218 valence electrons. The summed E-state index contributed by atoms with van der Waals surface area (Å²) in [5.74, 6) is 0.560. The number of hydrogen-bond donors (Lipinski definition) is 1. The quantitative estimate of drug-likeness (QED) is 0.151. The second-order valence-electron chi connectivity index (χ2n) is 9.60. The first-order valence-corrected chi connectivity index (χ1v) is 13.7. The van der Waals surface area contributed by atoms with Crippen LogP contribution in [0.15, 0.2) is 72.2 Å². The van der Waals surface area contributed by atoms with Crippen LogP contribution in [0.5, 0.6) is 23.0 Å². The van der Waals surface area contributed by atoms with Crippen LogP contribution in [-0.2, 0) is 16.0 Å².